The highest BCUT2D eigenvalue weighted by atomic mass is 19.4. The zero-order chi connectivity index (χ0) is 20.1. The first-order chi connectivity index (χ1) is 13.2. The molecule has 1 atom stereocenters. The molecule has 0 bridgehead atoms. The molecule has 2 aromatic rings. The third-order valence-corrected chi connectivity index (χ3v) is 5.32. The number of rotatable bonds is 2. The van der Waals surface area contributed by atoms with Gasteiger partial charge in [0.2, 0.25) is 5.91 Å². The summed E-state index contributed by atoms with van der Waals surface area (Å²) in [6.07, 6.45) is -3.21. The van der Waals surface area contributed by atoms with Crippen LogP contribution in [0.4, 0.5) is 19.0 Å². The summed E-state index contributed by atoms with van der Waals surface area (Å²) in [6, 6.07) is 1.25. The number of anilines is 1. The highest BCUT2D eigenvalue weighted by Crippen LogP contribution is 2.30. The van der Waals surface area contributed by atoms with E-state index in [1.807, 2.05) is 16.8 Å². The first-order valence-electron chi connectivity index (χ1n) is 9.29. The fraction of sp³-hybridized carbons (Fsp3) is 0.647. The number of carbonyl (C=O) groups is 1. The average molecular weight is 397 g/mol. The number of halogens is 3. The molecule has 4 heterocycles. The van der Waals surface area contributed by atoms with Gasteiger partial charge < -0.3 is 14.7 Å². The lowest BCUT2D eigenvalue weighted by Gasteiger charge is -2.36. The molecule has 8 nitrogen and oxygen atoms in total. The van der Waals surface area contributed by atoms with Crippen LogP contribution in [0.25, 0.3) is 5.78 Å². The maximum absolute atomic E-state index is 13.1. The molecule has 0 spiro atoms. The lowest BCUT2D eigenvalue weighted by atomic mass is 10.1. The smallest absolute Gasteiger partial charge is 0.344 e. The number of hydrogen-bond donors (Lipinski definition) is 0. The van der Waals surface area contributed by atoms with Gasteiger partial charge in [-0.25, -0.2) is 4.98 Å². The van der Waals surface area contributed by atoms with Crippen LogP contribution in [0.1, 0.15) is 24.4 Å². The zero-order valence-electron chi connectivity index (χ0n) is 15.8. The highest BCUT2D eigenvalue weighted by molar-refractivity contribution is 5.86. The van der Waals surface area contributed by atoms with Crippen LogP contribution >= 0.6 is 0 Å². The van der Waals surface area contributed by atoms with E-state index in [0.717, 1.165) is 24.0 Å². The summed E-state index contributed by atoms with van der Waals surface area (Å²) >= 11 is 0. The van der Waals surface area contributed by atoms with Gasteiger partial charge in [-0.15, -0.1) is 5.10 Å². The van der Waals surface area contributed by atoms with E-state index in [1.165, 1.54) is 0 Å². The molecule has 1 amide bonds. The molecule has 0 unspecified atom stereocenters. The average Bonchev–Trinajstić information content (AvgIpc) is 3.27. The third kappa shape index (κ3) is 3.38. The topological polar surface area (TPSA) is 69.9 Å². The molecule has 0 aliphatic carbocycles. The van der Waals surface area contributed by atoms with E-state index in [-0.39, 0.29) is 11.7 Å². The van der Waals surface area contributed by atoms with Crippen molar-refractivity contribution in [2.45, 2.75) is 32.0 Å². The van der Waals surface area contributed by atoms with E-state index in [2.05, 4.69) is 20.0 Å². The molecule has 0 N–H and O–H groups in total. The van der Waals surface area contributed by atoms with Crippen LogP contribution in [0.3, 0.4) is 0 Å². The predicted molar refractivity (Wildman–Crippen MR) is 95.0 cm³/mol. The van der Waals surface area contributed by atoms with Crippen molar-refractivity contribution in [2.75, 3.05) is 44.7 Å². The predicted octanol–water partition coefficient (Wildman–Crippen LogP) is 1.19. The Morgan fingerprint density at radius 2 is 1.86 bits per heavy atom. The van der Waals surface area contributed by atoms with Crippen LogP contribution in [-0.2, 0) is 11.0 Å². The van der Waals surface area contributed by atoms with Crippen LogP contribution in [0, 0.1) is 6.92 Å². The van der Waals surface area contributed by atoms with Crippen molar-refractivity contribution >= 4 is 17.5 Å². The monoisotopic (exact) mass is 397 g/mol. The molecule has 2 aliphatic rings. The van der Waals surface area contributed by atoms with Crippen LogP contribution in [0.15, 0.2) is 6.07 Å². The molecule has 2 aromatic heterocycles. The van der Waals surface area contributed by atoms with Crippen molar-refractivity contribution in [3.8, 4) is 0 Å². The van der Waals surface area contributed by atoms with Gasteiger partial charge in [0.05, 0.1) is 0 Å². The fourth-order valence-corrected chi connectivity index (χ4v) is 3.83. The number of piperazine rings is 1. The van der Waals surface area contributed by atoms with Gasteiger partial charge >= 0.3 is 6.18 Å². The van der Waals surface area contributed by atoms with Crippen LogP contribution in [0.2, 0.25) is 0 Å². The van der Waals surface area contributed by atoms with Crippen molar-refractivity contribution in [3.05, 3.63) is 17.6 Å². The summed E-state index contributed by atoms with van der Waals surface area (Å²) in [6.45, 7) is 5.21. The zero-order valence-corrected chi connectivity index (χ0v) is 15.8. The summed E-state index contributed by atoms with van der Waals surface area (Å²) in [5.41, 5.74) is 0.529. The number of carbonyl (C=O) groups excluding carboxylic acids is 1. The van der Waals surface area contributed by atoms with Gasteiger partial charge in [-0.2, -0.15) is 22.7 Å². The van der Waals surface area contributed by atoms with Gasteiger partial charge in [-0.05, 0) is 26.8 Å². The quantitative estimate of drug-likeness (QED) is 0.759. The fourth-order valence-electron chi connectivity index (χ4n) is 3.83. The number of nitrogens with zero attached hydrogens (tertiary/aromatic N) is 7. The normalized spacial score (nSPS) is 21.7. The molecule has 0 aromatic carbocycles. The number of likely N-dealkylation sites (N-methyl/N-ethyl adjacent to an activating group) is 1. The van der Waals surface area contributed by atoms with E-state index < -0.39 is 18.0 Å². The minimum absolute atomic E-state index is 0.0179. The van der Waals surface area contributed by atoms with Crippen LogP contribution in [0.5, 0.6) is 0 Å². The van der Waals surface area contributed by atoms with Gasteiger partial charge in [0, 0.05) is 44.5 Å². The Bertz CT molecular complexity index is 889. The molecule has 152 valence electrons. The van der Waals surface area contributed by atoms with Gasteiger partial charge in [0.1, 0.15) is 11.9 Å². The number of hydrogen-bond acceptors (Lipinski definition) is 6. The van der Waals surface area contributed by atoms with Gasteiger partial charge in [-0.3, -0.25) is 4.79 Å². The highest BCUT2D eigenvalue weighted by Gasteiger charge is 2.39. The van der Waals surface area contributed by atoms with Crippen molar-refractivity contribution in [2.24, 2.45) is 0 Å². The summed E-state index contributed by atoms with van der Waals surface area (Å²) in [4.78, 5) is 26.6. The number of fused-ring (bicyclic) bond motifs is 1. The van der Waals surface area contributed by atoms with Crippen molar-refractivity contribution in [1.29, 1.82) is 0 Å². The Morgan fingerprint density at radius 3 is 2.54 bits per heavy atom. The second-order valence-corrected chi connectivity index (χ2v) is 7.38. The van der Waals surface area contributed by atoms with Crippen LogP contribution < -0.4 is 4.90 Å². The molecule has 0 radical (unpaired) electrons. The minimum Gasteiger partial charge on any atom is -0.344 e. The lowest BCUT2D eigenvalue weighted by molar-refractivity contribution is -0.144. The Labute approximate surface area is 159 Å². The van der Waals surface area contributed by atoms with Crippen molar-refractivity contribution in [3.63, 3.8) is 0 Å². The summed E-state index contributed by atoms with van der Waals surface area (Å²) in [5, 5.41) is 3.63. The van der Waals surface area contributed by atoms with Gasteiger partial charge in [-0.1, -0.05) is 0 Å². The summed E-state index contributed by atoms with van der Waals surface area (Å²) in [5.74, 6) is -0.895. The van der Waals surface area contributed by atoms with E-state index in [0.29, 0.717) is 37.6 Å². The molecule has 0 saturated carbocycles. The third-order valence-electron chi connectivity index (χ3n) is 5.32. The van der Waals surface area contributed by atoms with Crippen LogP contribution in [-0.4, -0.2) is 81.1 Å². The number of aromatic nitrogens is 4. The largest absolute Gasteiger partial charge is 0.453 e. The molecular formula is C17H22F3N7O. The minimum atomic E-state index is -4.65. The number of amides is 1. The Balaban J connectivity index is 1.68. The SMILES string of the molecule is Cc1cc(N2CCC[C@@H]2C(=O)N2CCN(C)CC2)n2nc(C(F)(F)F)nc2n1. The van der Waals surface area contributed by atoms with Crippen molar-refractivity contribution in [1.82, 2.24) is 29.4 Å². The van der Waals surface area contributed by atoms with E-state index >= 15 is 0 Å². The molecular weight excluding hydrogens is 375 g/mol. The molecule has 2 saturated heterocycles. The van der Waals surface area contributed by atoms with Crippen molar-refractivity contribution < 1.29 is 18.0 Å². The second kappa shape index (κ2) is 6.87. The Hall–Kier alpha value is -2.43. The first-order valence-corrected chi connectivity index (χ1v) is 9.29. The van der Waals surface area contributed by atoms with E-state index in [1.54, 1.807) is 13.0 Å². The first kappa shape index (κ1) is 18.9. The van der Waals surface area contributed by atoms with E-state index in [9.17, 15) is 18.0 Å². The lowest BCUT2D eigenvalue weighted by Crippen LogP contribution is -2.53. The summed E-state index contributed by atoms with van der Waals surface area (Å²) in [7, 11) is 2.02. The summed E-state index contributed by atoms with van der Waals surface area (Å²) < 4.78 is 40.3. The van der Waals surface area contributed by atoms with Gasteiger partial charge in [0.15, 0.2) is 0 Å². The molecule has 2 fully saturated rings. The molecule has 2 aliphatic heterocycles. The Morgan fingerprint density at radius 1 is 1.14 bits per heavy atom. The second-order valence-electron chi connectivity index (χ2n) is 7.38. The number of alkyl halides is 3. The van der Waals surface area contributed by atoms with E-state index in [4.69, 9.17) is 0 Å². The molecule has 4 rings (SSSR count). The standard InChI is InChI=1S/C17H22F3N7O/c1-11-10-13(27-16(21-11)22-15(23-27)17(18,19)20)26-5-3-4-12(26)14(28)25-8-6-24(2)7-9-25/h10,12H,3-9H2,1-2H3/t12-/m1/s1. The molecule has 28 heavy (non-hydrogen) atoms. The maximum atomic E-state index is 13.1. The number of aryl methyl sites for hydroxylation is 1. The molecule has 11 heteroatoms. The maximum Gasteiger partial charge on any atom is 0.453 e. The van der Waals surface area contributed by atoms with Gasteiger partial charge in [0.25, 0.3) is 11.6 Å². The Kier molecular flexibility index (Phi) is 4.64.